The van der Waals surface area contributed by atoms with E-state index in [2.05, 4.69) is 17.6 Å². The number of methoxy groups -OCH3 is 1. The van der Waals surface area contributed by atoms with Gasteiger partial charge in [0.05, 0.1) is 12.8 Å². The van der Waals surface area contributed by atoms with Gasteiger partial charge in [0.1, 0.15) is 5.75 Å². The maximum absolute atomic E-state index is 11.6. The van der Waals surface area contributed by atoms with Crippen molar-refractivity contribution in [3.8, 4) is 5.75 Å². The predicted molar refractivity (Wildman–Crippen MR) is 78.7 cm³/mol. The first kappa shape index (κ1) is 15.3. The second kappa shape index (κ2) is 7.67. The number of carbonyl (C=O) groups excluding carboxylic acids is 1. The van der Waals surface area contributed by atoms with Gasteiger partial charge in [-0.25, -0.2) is 0 Å². The number of amides is 1. The van der Waals surface area contributed by atoms with E-state index in [9.17, 15) is 4.79 Å². The minimum absolute atomic E-state index is 0.0773. The van der Waals surface area contributed by atoms with Crippen molar-refractivity contribution in [2.45, 2.75) is 39.7 Å². The van der Waals surface area contributed by atoms with Gasteiger partial charge in [-0.05, 0) is 38.0 Å². The third-order valence-corrected chi connectivity index (χ3v) is 3.04. The Morgan fingerprint density at radius 1 is 1.42 bits per heavy atom. The van der Waals surface area contributed by atoms with E-state index >= 15 is 0 Å². The van der Waals surface area contributed by atoms with Crippen molar-refractivity contribution in [2.24, 2.45) is 0 Å². The van der Waals surface area contributed by atoms with E-state index in [4.69, 9.17) is 4.74 Å². The Bertz CT molecular complexity index is 419. The summed E-state index contributed by atoms with van der Waals surface area (Å²) in [5.41, 5.74) is 2.09. The van der Waals surface area contributed by atoms with Crippen LogP contribution >= 0.6 is 0 Å². The van der Waals surface area contributed by atoms with E-state index in [1.54, 1.807) is 7.11 Å². The second-order valence-corrected chi connectivity index (χ2v) is 4.76. The highest BCUT2D eigenvalue weighted by molar-refractivity contribution is 5.76. The number of carbonyl (C=O) groups is 1. The van der Waals surface area contributed by atoms with E-state index in [1.165, 1.54) is 0 Å². The van der Waals surface area contributed by atoms with Crippen LogP contribution in [0.5, 0.6) is 5.75 Å². The van der Waals surface area contributed by atoms with Gasteiger partial charge in [0.15, 0.2) is 0 Å². The van der Waals surface area contributed by atoms with E-state index in [-0.39, 0.29) is 11.9 Å². The fourth-order valence-electron chi connectivity index (χ4n) is 1.72. The summed E-state index contributed by atoms with van der Waals surface area (Å²) in [7, 11) is 1.64. The van der Waals surface area contributed by atoms with Gasteiger partial charge in [-0.1, -0.05) is 13.0 Å². The summed E-state index contributed by atoms with van der Waals surface area (Å²) >= 11 is 0. The number of aryl methyl sites for hydroxylation is 1. The SMILES string of the molecule is CCC(C)NC(=O)CCNc1cc(C)ccc1OC. The summed E-state index contributed by atoms with van der Waals surface area (Å²) in [5, 5.41) is 6.19. The molecule has 19 heavy (non-hydrogen) atoms. The first-order valence-electron chi connectivity index (χ1n) is 6.74. The van der Waals surface area contributed by atoms with Crippen molar-refractivity contribution in [3.05, 3.63) is 23.8 Å². The van der Waals surface area contributed by atoms with Gasteiger partial charge in [0.25, 0.3) is 0 Å². The minimum Gasteiger partial charge on any atom is -0.495 e. The molecule has 0 aliphatic rings. The van der Waals surface area contributed by atoms with Crippen LogP contribution in [0.15, 0.2) is 18.2 Å². The molecule has 1 amide bonds. The molecular formula is C15H24N2O2. The van der Waals surface area contributed by atoms with Gasteiger partial charge in [-0.15, -0.1) is 0 Å². The molecule has 0 aromatic heterocycles. The van der Waals surface area contributed by atoms with Crippen LogP contribution in [-0.2, 0) is 4.79 Å². The molecule has 0 saturated carbocycles. The van der Waals surface area contributed by atoms with E-state index in [0.29, 0.717) is 13.0 Å². The lowest BCUT2D eigenvalue weighted by molar-refractivity contribution is -0.121. The average molecular weight is 264 g/mol. The topological polar surface area (TPSA) is 50.4 Å². The smallest absolute Gasteiger partial charge is 0.221 e. The molecule has 2 N–H and O–H groups in total. The maximum atomic E-state index is 11.6. The molecular weight excluding hydrogens is 240 g/mol. The van der Waals surface area contributed by atoms with Crippen molar-refractivity contribution >= 4 is 11.6 Å². The summed E-state index contributed by atoms with van der Waals surface area (Å²) < 4.78 is 5.28. The number of anilines is 1. The zero-order chi connectivity index (χ0) is 14.3. The molecule has 0 heterocycles. The summed E-state index contributed by atoms with van der Waals surface area (Å²) in [5.74, 6) is 0.876. The van der Waals surface area contributed by atoms with Gasteiger partial charge in [0, 0.05) is 19.0 Å². The highest BCUT2D eigenvalue weighted by Crippen LogP contribution is 2.24. The normalized spacial score (nSPS) is 11.8. The van der Waals surface area contributed by atoms with Crippen molar-refractivity contribution in [1.29, 1.82) is 0 Å². The van der Waals surface area contributed by atoms with Gasteiger partial charge < -0.3 is 15.4 Å². The van der Waals surface area contributed by atoms with E-state index in [1.807, 2.05) is 32.0 Å². The fraction of sp³-hybridized carbons (Fsp3) is 0.533. The first-order valence-corrected chi connectivity index (χ1v) is 6.74. The molecule has 0 radical (unpaired) electrons. The molecule has 0 aliphatic heterocycles. The lowest BCUT2D eigenvalue weighted by Crippen LogP contribution is -2.32. The Kier molecular flexibility index (Phi) is 6.19. The minimum atomic E-state index is 0.0773. The number of hydrogen-bond donors (Lipinski definition) is 2. The Balaban J connectivity index is 2.44. The molecule has 1 aromatic rings. The van der Waals surface area contributed by atoms with Crippen molar-refractivity contribution in [1.82, 2.24) is 5.32 Å². The van der Waals surface area contributed by atoms with Crippen LogP contribution in [-0.4, -0.2) is 25.6 Å². The highest BCUT2D eigenvalue weighted by atomic mass is 16.5. The lowest BCUT2D eigenvalue weighted by atomic mass is 10.2. The molecule has 0 spiro atoms. The lowest BCUT2D eigenvalue weighted by Gasteiger charge is -2.13. The molecule has 1 rings (SSSR count). The van der Waals surface area contributed by atoms with Crippen molar-refractivity contribution in [2.75, 3.05) is 19.0 Å². The van der Waals surface area contributed by atoms with Crippen LogP contribution in [0.3, 0.4) is 0 Å². The average Bonchev–Trinajstić information content (AvgIpc) is 2.38. The number of nitrogens with one attached hydrogen (secondary N) is 2. The molecule has 4 nitrogen and oxygen atoms in total. The third kappa shape index (κ3) is 5.20. The standard InChI is InChI=1S/C15H24N2O2/c1-5-12(3)17-15(18)8-9-16-13-10-11(2)6-7-14(13)19-4/h6-7,10,12,16H,5,8-9H2,1-4H3,(H,17,18). The van der Waals surface area contributed by atoms with Crippen LogP contribution in [0.4, 0.5) is 5.69 Å². The number of rotatable bonds is 7. The summed E-state index contributed by atoms with van der Waals surface area (Å²) in [6.45, 7) is 6.69. The summed E-state index contributed by atoms with van der Waals surface area (Å²) in [6.07, 6.45) is 1.41. The molecule has 0 fully saturated rings. The Morgan fingerprint density at radius 2 is 2.16 bits per heavy atom. The molecule has 1 aromatic carbocycles. The number of ether oxygens (including phenoxy) is 1. The van der Waals surface area contributed by atoms with E-state index in [0.717, 1.165) is 23.4 Å². The van der Waals surface area contributed by atoms with Gasteiger partial charge in [-0.3, -0.25) is 4.79 Å². The quantitative estimate of drug-likeness (QED) is 0.796. The molecule has 1 atom stereocenters. The largest absolute Gasteiger partial charge is 0.495 e. The molecule has 1 unspecified atom stereocenters. The van der Waals surface area contributed by atoms with Crippen molar-refractivity contribution in [3.63, 3.8) is 0 Å². The Labute approximate surface area is 115 Å². The van der Waals surface area contributed by atoms with Crippen molar-refractivity contribution < 1.29 is 9.53 Å². The zero-order valence-corrected chi connectivity index (χ0v) is 12.2. The number of hydrogen-bond acceptors (Lipinski definition) is 3. The van der Waals surface area contributed by atoms with Gasteiger partial charge in [-0.2, -0.15) is 0 Å². The first-order chi connectivity index (χ1) is 9.06. The Morgan fingerprint density at radius 3 is 2.79 bits per heavy atom. The Hall–Kier alpha value is -1.71. The maximum Gasteiger partial charge on any atom is 0.221 e. The predicted octanol–water partition coefficient (Wildman–Crippen LogP) is 2.72. The molecule has 0 bridgehead atoms. The van der Waals surface area contributed by atoms with Crippen LogP contribution in [0.1, 0.15) is 32.3 Å². The highest BCUT2D eigenvalue weighted by Gasteiger charge is 2.06. The van der Waals surface area contributed by atoms with Crippen LogP contribution < -0.4 is 15.4 Å². The molecule has 0 saturated heterocycles. The third-order valence-electron chi connectivity index (χ3n) is 3.04. The van der Waals surface area contributed by atoms with Gasteiger partial charge >= 0.3 is 0 Å². The van der Waals surface area contributed by atoms with Crippen LogP contribution in [0.25, 0.3) is 0 Å². The fourth-order valence-corrected chi connectivity index (χ4v) is 1.72. The van der Waals surface area contributed by atoms with Gasteiger partial charge in [0.2, 0.25) is 5.91 Å². The summed E-state index contributed by atoms with van der Waals surface area (Å²) in [6, 6.07) is 6.18. The zero-order valence-electron chi connectivity index (χ0n) is 12.2. The van der Waals surface area contributed by atoms with Crippen LogP contribution in [0, 0.1) is 6.92 Å². The second-order valence-electron chi connectivity index (χ2n) is 4.76. The molecule has 4 heteroatoms. The summed E-state index contributed by atoms with van der Waals surface area (Å²) in [4.78, 5) is 11.6. The monoisotopic (exact) mass is 264 g/mol. The van der Waals surface area contributed by atoms with E-state index < -0.39 is 0 Å². The molecule has 106 valence electrons. The molecule has 0 aliphatic carbocycles. The number of benzene rings is 1. The van der Waals surface area contributed by atoms with Crippen LogP contribution in [0.2, 0.25) is 0 Å².